The highest BCUT2D eigenvalue weighted by molar-refractivity contribution is 7.11. The predicted molar refractivity (Wildman–Crippen MR) is 56.9 cm³/mol. The van der Waals surface area contributed by atoms with Gasteiger partial charge >= 0.3 is 0 Å². The lowest BCUT2D eigenvalue weighted by atomic mass is 10.2. The monoisotopic (exact) mass is 227 g/mol. The second kappa shape index (κ2) is 4.26. The Bertz CT molecular complexity index is 341. The predicted octanol–water partition coefficient (Wildman–Crippen LogP) is -0.452. The van der Waals surface area contributed by atoms with Crippen LogP contribution in [0.3, 0.4) is 0 Å². The molecule has 1 aliphatic rings. The van der Waals surface area contributed by atoms with Crippen LogP contribution < -0.4 is 5.32 Å². The maximum absolute atomic E-state index is 11.9. The Morgan fingerprint density at radius 2 is 2.53 bits per heavy atom. The molecule has 6 heteroatoms. The van der Waals surface area contributed by atoms with Crippen LogP contribution in [-0.4, -0.2) is 53.2 Å². The molecule has 0 saturated carbocycles. The number of amides is 1. The summed E-state index contributed by atoms with van der Waals surface area (Å²) in [6.07, 6.45) is 1.07. The number of β-amino-alcohol motifs (C(OH)–C–C–N with tert-alkyl or cyclic N) is 1. The van der Waals surface area contributed by atoms with Crippen LogP contribution in [0.25, 0.3) is 0 Å². The normalized spacial score (nSPS) is 25.5. The molecule has 15 heavy (non-hydrogen) atoms. The van der Waals surface area contributed by atoms with Gasteiger partial charge in [-0.15, -0.1) is 11.3 Å². The van der Waals surface area contributed by atoms with Crippen molar-refractivity contribution < 1.29 is 9.90 Å². The molecular weight excluding hydrogens is 214 g/mol. The summed E-state index contributed by atoms with van der Waals surface area (Å²) in [5, 5.41) is 12.7. The van der Waals surface area contributed by atoms with E-state index in [1.165, 1.54) is 11.3 Å². The van der Waals surface area contributed by atoms with Crippen LogP contribution in [0.4, 0.5) is 0 Å². The topological polar surface area (TPSA) is 65.5 Å². The summed E-state index contributed by atoms with van der Waals surface area (Å²) in [5.41, 5.74) is 1.63. The average Bonchev–Trinajstić information content (AvgIpc) is 2.85. The second-order valence-corrected chi connectivity index (χ2v) is 4.46. The zero-order chi connectivity index (χ0) is 10.8. The van der Waals surface area contributed by atoms with Crippen LogP contribution in [0, 0.1) is 0 Å². The molecule has 2 rings (SSSR count). The molecule has 2 heterocycles. The molecule has 5 nitrogen and oxygen atoms in total. The minimum atomic E-state index is -0.480. The molecule has 1 aromatic heterocycles. The molecule has 0 bridgehead atoms. The number of aliphatic hydroxyl groups is 1. The van der Waals surface area contributed by atoms with Crippen molar-refractivity contribution in [2.75, 3.05) is 20.1 Å². The number of rotatable bonds is 2. The Morgan fingerprint density at radius 3 is 3.07 bits per heavy atom. The Balaban J connectivity index is 2.07. The van der Waals surface area contributed by atoms with Crippen LogP contribution in [0.1, 0.15) is 9.67 Å². The van der Waals surface area contributed by atoms with Crippen LogP contribution in [0.5, 0.6) is 0 Å². The van der Waals surface area contributed by atoms with Crippen LogP contribution in [-0.2, 0) is 0 Å². The van der Waals surface area contributed by atoms with E-state index in [0.717, 1.165) is 0 Å². The quantitative estimate of drug-likeness (QED) is 0.718. The molecule has 82 valence electrons. The number of aliphatic hydroxyl groups excluding tert-OH is 1. The minimum Gasteiger partial charge on any atom is -0.390 e. The standard InChI is InChI=1S/C9H13N3O2S/c1-12(6-2-10-3-7(6)13)9(14)8-4-11-5-15-8/h4-7,10,13H,2-3H2,1H3/t6-,7-/m1/s1. The number of nitrogens with zero attached hydrogens (tertiary/aromatic N) is 2. The third kappa shape index (κ3) is 2.01. The molecule has 1 aliphatic heterocycles. The highest BCUT2D eigenvalue weighted by Gasteiger charge is 2.31. The fraction of sp³-hybridized carbons (Fsp3) is 0.556. The van der Waals surface area contributed by atoms with E-state index in [4.69, 9.17) is 0 Å². The number of likely N-dealkylation sites (N-methyl/N-ethyl adjacent to an activating group) is 1. The maximum Gasteiger partial charge on any atom is 0.265 e. The molecular formula is C9H13N3O2S. The van der Waals surface area contributed by atoms with Gasteiger partial charge in [0.15, 0.2) is 0 Å². The summed E-state index contributed by atoms with van der Waals surface area (Å²) in [6.45, 7) is 1.19. The molecule has 2 atom stereocenters. The summed E-state index contributed by atoms with van der Waals surface area (Å²) < 4.78 is 0. The summed E-state index contributed by atoms with van der Waals surface area (Å²) >= 11 is 1.32. The summed E-state index contributed by atoms with van der Waals surface area (Å²) in [5.74, 6) is -0.0785. The molecule has 1 fully saturated rings. The van der Waals surface area contributed by atoms with Gasteiger partial charge in [0.25, 0.3) is 5.91 Å². The van der Waals surface area contributed by atoms with Crippen LogP contribution in [0.15, 0.2) is 11.7 Å². The largest absolute Gasteiger partial charge is 0.390 e. The lowest BCUT2D eigenvalue weighted by molar-refractivity contribution is 0.0585. The summed E-state index contributed by atoms with van der Waals surface area (Å²) in [4.78, 5) is 17.9. The first-order valence-corrected chi connectivity index (χ1v) is 5.62. The van der Waals surface area contributed by atoms with Gasteiger partial charge < -0.3 is 15.3 Å². The summed E-state index contributed by atoms with van der Waals surface area (Å²) in [7, 11) is 1.71. The van der Waals surface area contributed by atoms with Crippen molar-refractivity contribution in [2.24, 2.45) is 0 Å². The first-order chi connectivity index (χ1) is 7.20. The molecule has 1 aromatic rings. The van der Waals surface area contributed by atoms with Gasteiger partial charge in [-0.3, -0.25) is 9.78 Å². The number of carbonyl (C=O) groups excluding carboxylic acids is 1. The molecule has 0 unspecified atom stereocenters. The van der Waals surface area contributed by atoms with Crippen molar-refractivity contribution in [3.8, 4) is 0 Å². The Morgan fingerprint density at radius 1 is 1.73 bits per heavy atom. The lowest BCUT2D eigenvalue weighted by Crippen LogP contribution is -2.44. The van der Waals surface area contributed by atoms with Crippen molar-refractivity contribution in [2.45, 2.75) is 12.1 Å². The lowest BCUT2D eigenvalue weighted by Gasteiger charge is -2.25. The molecule has 1 amide bonds. The van der Waals surface area contributed by atoms with Gasteiger partial charge in [0.2, 0.25) is 0 Å². The highest BCUT2D eigenvalue weighted by Crippen LogP contribution is 2.14. The van der Waals surface area contributed by atoms with E-state index in [9.17, 15) is 9.90 Å². The Hall–Kier alpha value is -0.980. The second-order valence-electron chi connectivity index (χ2n) is 3.57. The summed E-state index contributed by atoms with van der Waals surface area (Å²) in [6, 6.07) is -0.139. The SMILES string of the molecule is CN(C(=O)c1cncs1)[C@@H]1CNC[C@H]1O. The van der Waals surface area contributed by atoms with Crippen molar-refractivity contribution in [1.29, 1.82) is 0 Å². The smallest absolute Gasteiger partial charge is 0.265 e. The first-order valence-electron chi connectivity index (χ1n) is 4.74. The van der Waals surface area contributed by atoms with E-state index in [0.29, 0.717) is 18.0 Å². The number of hydrogen-bond donors (Lipinski definition) is 2. The van der Waals surface area contributed by atoms with E-state index in [1.807, 2.05) is 0 Å². The van der Waals surface area contributed by atoms with E-state index in [-0.39, 0.29) is 11.9 Å². The number of carbonyl (C=O) groups is 1. The average molecular weight is 227 g/mol. The Kier molecular flexibility index (Phi) is 2.99. The van der Waals surface area contributed by atoms with E-state index in [1.54, 1.807) is 23.7 Å². The third-order valence-electron chi connectivity index (χ3n) is 2.61. The molecule has 0 radical (unpaired) electrons. The van der Waals surface area contributed by atoms with Crippen LogP contribution in [0.2, 0.25) is 0 Å². The third-order valence-corrected chi connectivity index (χ3v) is 3.37. The highest BCUT2D eigenvalue weighted by atomic mass is 32.1. The zero-order valence-electron chi connectivity index (χ0n) is 8.38. The number of hydrogen-bond acceptors (Lipinski definition) is 5. The van der Waals surface area contributed by atoms with Crippen LogP contribution >= 0.6 is 11.3 Å². The zero-order valence-corrected chi connectivity index (χ0v) is 9.20. The van der Waals surface area contributed by atoms with E-state index in [2.05, 4.69) is 10.3 Å². The molecule has 1 saturated heterocycles. The minimum absolute atomic E-state index is 0.0785. The van der Waals surface area contributed by atoms with Crippen molar-refractivity contribution in [3.05, 3.63) is 16.6 Å². The van der Waals surface area contributed by atoms with Gasteiger partial charge in [-0.1, -0.05) is 0 Å². The fourth-order valence-corrected chi connectivity index (χ4v) is 2.29. The van der Waals surface area contributed by atoms with E-state index < -0.39 is 6.10 Å². The molecule has 0 aliphatic carbocycles. The molecule has 0 spiro atoms. The van der Waals surface area contributed by atoms with Gasteiger partial charge in [0, 0.05) is 20.1 Å². The van der Waals surface area contributed by atoms with Crippen molar-refractivity contribution in [3.63, 3.8) is 0 Å². The fourth-order valence-electron chi connectivity index (χ4n) is 1.69. The van der Waals surface area contributed by atoms with Crippen molar-refractivity contribution >= 4 is 17.2 Å². The van der Waals surface area contributed by atoms with Gasteiger partial charge in [-0.25, -0.2) is 0 Å². The Labute approximate surface area is 91.7 Å². The number of aromatic nitrogens is 1. The molecule has 0 aromatic carbocycles. The van der Waals surface area contributed by atoms with Gasteiger partial charge in [-0.2, -0.15) is 0 Å². The van der Waals surface area contributed by atoms with Crippen molar-refractivity contribution in [1.82, 2.24) is 15.2 Å². The first kappa shape index (κ1) is 10.5. The van der Waals surface area contributed by atoms with E-state index >= 15 is 0 Å². The van der Waals surface area contributed by atoms with Gasteiger partial charge in [0.05, 0.1) is 23.9 Å². The van der Waals surface area contributed by atoms with Gasteiger partial charge in [-0.05, 0) is 0 Å². The number of thiazole rings is 1. The maximum atomic E-state index is 11.9. The number of nitrogens with one attached hydrogen (secondary N) is 1. The molecule has 2 N–H and O–H groups in total. The van der Waals surface area contributed by atoms with Gasteiger partial charge in [0.1, 0.15) is 4.88 Å².